The molecule has 4 aromatic carbocycles. The van der Waals surface area contributed by atoms with Gasteiger partial charge in [0.15, 0.2) is 0 Å². The molecule has 76 heavy (non-hydrogen) atoms. The molecule has 0 fully saturated rings. The van der Waals surface area contributed by atoms with Crippen LogP contribution in [0.25, 0.3) is 12.2 Å². The second-order valence-electron chi connectivity index (χ2n) is 14.7. The van der Waals surface area contributed by atoms with Crippen LogP contribution in [0.1, 0.15) is 11.1 Å². The van der Waals surface area contributed by atoms with Gasteiger partial charge >= 0.3 is 0 Å². The van der Waals surface area contributed by atoms with E-state index >= 15 is 0 Å². The van der Waals surface area contributed by atoms with Gasteiger partial charge < -0.3 is 51.5 Å². The fourth-order valence-electron chi connectivity index (χ4n) is 6.41. The minimum Gasteiger partial charge on any atom is -0.395 e. The maximum Gasteiger partial charge on any atom is 0.295 e. The molecule has 0 unspecified atom stereocenters. The summed E-state index contributed by atoms with van der Waals surface area (Å²) < 4.78 is 137. The molecule has 2 heterocycles. The zero-order valence-corrected chi connectivity index (χ0v) is 52.2. The van der Waals surface area contributed by atoms with Crippen molar-refractivity contribution in [2.45, 2.75) is 19.6 Å². The summed E-state index contributed by atoms with van der Waals surface area (Å²) in [5, 5.41) is 49.9. The van der Waals surface area contributed by atoms with Crippen molar-refractivity contribution in [3.63, 3.8) is 0 Å². The minimum atomic E-state index is -5.03. The molecule has 0 aliphatic carbocycles. The van der Waals surface area contributed by atoms with E-state index in [9.17, 15) is 72.3 Å². The van der Waals surface area contributed by atoms with Crippen LogP contribution in [0.5, 0.6) is 0 Å². The van der Waals surface area contributed by atoms with Crippen molar-refractivity contribution in [1.29, 1.82) is 0 Å². The van der Waals surface area contributed by atoms with Crippen molar-refractivity contribution >= 4 is 229 Å². The van der Waals surface area contributed by atoms with E-state index in [0.717, 1.165) is 48.6 Å². The van der Waals surface area contributed by atoms with Crippen LogP contribution >= 0.6 is 0 Å². The van der Waals surface area contributed by atoms with Gasteiger partial charge in [0.05, 0.1) is 36.2 Å². The summed E-state index contributed by atoms with van der Waals surface area (Å²) in [5.74, 6) is -0.916. The van der Waals surface area contributed by atoms with E-state index in [-0.39, 0.29) is 240 Å². The molecule has 36 heteroatoms. The Hall–Kier alpha value is -3.08. The molecule has 6 aromatic rings. The standard InChI is InChI=1S/C40H44N12O16S4.4Na/c53-19-15-51(16-20-54)39-47-35(41-27-7-11-31(12-8-27)69(57,58)59)45-37(49-39)43-29-5-3-25(33(23-29)71(63,64)65)1-2-26-4-6-30(24-34(26)72(66,67)68)44-38-46-36(48-40(50-38)52(17-21-55)18-22-56)42-28-9-13-32(14-10-28)70(60,61)62;;;;/h1-14,23-24,53-56H,15-22H2,(H,57,58,59)(H,60,61,62)(H,63,64,65)(H,66,67,68)(H2,41,43,45,47,49)(H2,42,44,46,48,50);;;;/b2-1+;;;;. The van der Waals surface area contributed by atoms with Crippen molar-refractivity contribution in [2.75, 3.05) is 83.7 Å². The van der Waals surface area contributed by atoms with E-state index < -0.39 is 60.1 Å². The Labute approximate surface area is 524 Å². The molecule has 0 saturated carbocycles. The number of aliphatic hydroxyl groups is 4. The monoisotopic (exact) mass is 1170 g/mol. The molecule has 2 aromatic heterocycles. The number of rotatable bonds is 24. The van der Waals surface area contributed by atoms with Crippen LogP contribution in [0, 0.1) is 0 Å². The van der Waals surface area contributed by atoms with Gasteiger partial charge in [-0.3, -0.25) is 18.2 Å². The van der Waals surface area contributed by atoms with Gasteiger partial charge in [-0.25, -0.2) is 0 Å². The SMILES string of the molecule is O=S(=O)(O)c1ccc(Nc2nc(Nc3ccc(/C=C/c4ccc(Nc5nc(Nc6ccc(S(=O)(=O)O)cc6)nc(N(CCO)CCO)n5)cc4S(=O)(=O)O)c(S(=O)(=O)O)c3)nc(N(CCO)CCO)n2)cc1.[Na].[Na].[Na].[Na]. The van der Waals surface area contributed by atoms with E-state index in [2.05, 4.69) is 51.2 Å². The van der Waals surface area contributed by atoms with Gasteiger partial charge in [-0.05, 0) is 83.9 Å². The first-order valence-corrected chi connectivity index (χ1v) is 26.3. The van der Waals surface area contributed by atoms with Crippen LogP contribution in [-0.4, -0.2) is 273 Å². The Morgan fingerprint density at radius 3 is 0.895 bits per heavy atom. The molecule has 0 spiro atoms. The second-order valence-corrected chi connectivity index (χ2v) is 20.3. The largest absolute Gasteiger partial charge is 0.395 e. The number of nitrogens with zero attached hydrogens (tertiary/aromatic N) is 8. The Kier molecular flexibility index (Phi) is 27.7. The van der Waals surface area contributed by atoms with Crippen LogP contribution in [0.3, 0.4) is 0 Å². The molecule has 388 valence electrons. The number of nitrogens with one attached hydrogen (secondary N) is 4. The third-order valence-electron chi connectivity index (χ3n) is 9.65. The molecule has 6 rings (SSSR count). The maximum atomic E-state index is 12.8. The molecule has 0 aliphatic heterocycles. The second kappa shape index (κ2) is 30.5. The fraction of sp³-hybridized carbons (Fsp3) is 0.200. The molecule has 0 amide bonds. The van der Waals surface area contributed by atoms with Gasteiger partial charge in [0.25, 0.3) is 40.5 Å². The summed E-state index contributed by atoms with van der Waals surface area (Å²) in [6.07, 6.45) is 2.27. The summed E-state index contributed by atoms with van der Waals surface area (Å²) in [6.45, 7) is -1.69. The molecular formula is C40H44N12Na4O16S4. The first kappa shape index (κ1) is 69.0. The molecule has 0 saturated heterocycles. The normalized spacial score (nSPS) is 11.5. The first-order chi connectivity index (χ1) is 34.0. The predicted octanol–water partition coefficient (Wildman–Crippen LogP) is 0.247. The van der Waals surface area contributed by atoms with Crippen LogP contribution < -0.4 is 31.1 Å². The Bertz CT molecular complexity index is 3180. The van der Waals surface area contributed by atoms with E-state index in [4.69, 9.17) is 0 Å². The van der Waals surface area contributed by atoms with Gasteiger partial charge in [-0.1, -0.05) is 24.3 Å². The number of benzene rings is 4. The number of anilines is 10. The molecule has 4 radical (unpaired) electrons. The zero-order valence-electron chi connectivity index (χ0n) is 40.9. The first-order valence-electron chi connectivity index (χ1n) is 20.6. The number of aliphatic hydroxyl groups excluding tert-OH is 4. The minimum absolute atomic E-state index is 0. The quantitative estimate of drug-likeness (QED) is 0.0219. The zero-order chi connectivity index (χ0) is 52.4. The smallest absolute Gasteiger partial charge is 0.295 e. The topological polar surface area (TPSA) is 430 Å². The van der Waals surface area contributed by atoms with Crippen LogP contribution in [-0.2, 0) is 40.5 Å². The molecule has 0 atom stereocenters. The van der Waals surface area contributed by atoms with Crippen molar-refractivity contribution < 1.29 is 72.3 Å². The third kappa shape index (κ3) is 19.9. The van der Waals surface area contributed by atoms with Crippen molar-refractivity contribution in [3.8, 4) is 0 Å². The Balaban J connectivity index is 0.00000494. The summed E-state index contributed by atoms with van der Waals surface area (Å²) in [6, 6.07) is 16.8. The van der Waals surface area contributed by atoms with Crippen molar-refractivity contribution in [3.05, 3.63) is 96.1 Å². The van der Waals surface area contributed by atoms with Gasteiger partial charge in [0.2, 0.25) is 35.7 Å². The average Bonchev–Trinajstić information content (AvgIpc) is 3.30. The van der Waals surface area contributed by atoms with E-state index in [1.807, 2.05) is 0 Å². The maximum absolute atomic E-state index is 12.8. The summed E-state index contributed by atoms with van der Waals surface area (Å²) >= 11 is 0. The fourth-order valence-corrected chi connectivity index (χ4v) is 8.78. The van der Waals surface area contributed by atoms with Gasteiger partial charge in [-0.15, -0.1) is 0 Å². The van der Waals surface area contributed by atoms with Crippen molar-refractivity contribution in [2.24, 2.45) is 0 Å². The summed E-state index contributed by atoms with van der Waals surface area (Å²) in [5.41, 5.74) is 0.129. The number of hydrogen-bond acceptors (Lipinski definition) is 24. The van der Waals surface area contributed by atoms with Crippen molar-refractivity contribution in [1.82, 2.24) is 29.9 Å². The van der Waals surface area contributed by atoms with Gasteiger partial charge in [0, 0.05) is 167 Å². The summed E-state index contributed by atoms with van der Waals surface area (Å²) in [7, 11) is -19.1. The molecular weight excluding hydrogens is 1120 g/mol. The van der Waals surface area contributed by atoms with Crippen LogP contribution in [0.2, 0.25) is 0 Å². The van der Waals surface area contributed by atoms with Crippen LogP contribution in [0.15, 0.2) is 105 Å². The number of aromatic nitrogens is 6. The Morgan fingerprint density at radius 1 is 0.382 bits per heavy atom. The van der Waals surface area contributed by atoms with Gasteiger partial charge in [0.1, 0.15) is 9.79 Å². The van der Waals surface area contributed by atoms with Crippen LogP contribution in [0.4, 0.5) is 58.4 Å². The molecule has 0 bridgehead atoms. The van der Waals surface area contributed by atoms with E-state index in [1.54, 1.807) is 0 Å². The Morgan fingerprint density at radius 2 is 0.645 bits per heavy atom. The molecule has 0 aliphatic rings. The third-order valence-corrected chi connectivity index (χ3v) is 13.2. The van der Waals surface area contributed by atoms with E-state index in [0.29, 0.717) is 0 Å². The van der Waals surface area contributed by atoms with Gasteiger partial charge in [-0.2, -0.15) is 63.6 Å². The molecule has 28 nitrogen and oxygen atoms in total. The number of hydrogen-bond donors (Lipinski definition) is 12. The molecule has 12 N–H and O–H groups in total. The summed E-state index contributed by atoms with van der Waals surface area (Å²) in [4.78, 5) is 26.4. The average molecular weight is 1170 g/mol. The predicted molar refractivity (Wildman–Crippen MR) is 283 cm³/mol. The van der Waals surface area contributed by atoms with E-state index in [1.165, 1.54) is 58.3 Å².